The van der Waals surface area contributed by atoms with Gasteiger partial charge in [0.05, 0.1) is 11.3 Å². The Kier molecular flexibility index (Phi) is 6.58. The fourth-order valence-electron chi connectivity index (χ4n) is 2.93. The molecule has 25 heavy (non-hydrogen) atoms. The number of nitrogens with one attached hydrogen (secondary N) is 1. The minimum Gasteiger partial charge on any atom is -0.452 e. The smallest absolute Gasteiger partial charge is 0.338 e. The molecule has 1 N–H and O–H groups in total. The maximum Gasteiger partial charge on any atom is 0.338 e. The number of hydrogen-bond donors (Lipinski definition) is 1. The van der Waals surface area contributed by atoms with Gasteiger partial charge in [0.15, 0.2) is 16.4 Å². The summed E-state index contributed by atoms with van der Waals surface area (Å²) in [6, 6.07) is 6.31. The molecule has 0 atom stereocenters. The van der Waals surface area contributed by atoms with E-state index in [9.17, 15) is 18.0 Å². The first-order valence-electron chi connectivity index (χ1n) is 8.46. The van der Waals surface area contributed by atoms with E-state index in [4.69, 9.17) is 4.74 Å². The zero-order valence-corrected chi connectivity index (χ0v) is 15.5. The average molecular weight is 367 g/mol. The first-order chi connectivity index (χ1) is 11.7. The van der Waals surface area contributed by atoms with Gasteiger partial charge in [-0.05, 0) is 49.3 Å². The lowest BCUT2D eigenvalue weighted by Gasteiger charge is -2.26. The summed E-state index contributed by atoms with van der Waals surface area (Å²) in [5.74, 6) is -0.262. The normalized spacial score (nSPS) is 20.7. The molecule has 1 aliphatic carbocycles. The van der Waals surface area contributed by atoms with E-state index >= 15 is 0 Å². The minimum absolute atomic E-state index is 0.0786. The molecule has 0 saturated heterocycles. The molecule has 1 aromatic rings. The number of sulfone groups is 1. The summed E-state index contributed by atoms with van der Waals surface area (Å²) in [7, 11) is -3.12. The van der Waals surface area contributed by atoms with Crippen LogP contribution in [0.3, 0.4) is 0 Å². The Morgan fingerprint density at radius 1 is 1.12 bits per heavy atom. The van der Waals surface area contributed by atoms with E-state index in [1.165, 1.54) is 12.1 Å². The van der Waals surface area contributed by atoms with Crippen LogP contribution in [-0.4, -0.2) is 39.2 Å². The Morgan fingerprint density at radius 2 is 1.72 bits per heavy atom. The van der Waals surface area contributed by atoms with E-state index in [0.29, 0.717) is 11.5 Å². The van der Waals surface area contributed by atoms with Crippen LogP contribution in [0.5, 0.6) is 0 Å². The maximum absolute atomic E-state index is 12.0. The highest BCUT2D eigenvalue weighted by atomic mass is 32.2. The lowest BCUT2D eigenvalue weighted by molar-refractivity contribution is -0.125. The van der Waals surface area contributed by atoms with Gasteiger partial charge in [0.1, 0.15) is 0 Å². The van der Waals surface area contributed by atoms with E-state index in [1.807, 2.05) is 0 Å². The molecule has 1 fully saturated rings. The Morgan fingerprint density at radius 3 is 2.28 bits per heavy atom. The van der Waals surface area contributed by atoms with Crippen molar-refractivity contribution >= 4 is 21.7 Å². The predicted octanol–water partition coefficient (Wildman–Crippen LogP) is 2.08. The SMILES string of the molecule is CC1CCC(NC(=O)COC(=O)c2ccc(CS(C)(=O)=O)cc2)CC1. The number of esters is 1. The van der Waals surface area contributed by atoms with Crippen LogP contribution in [0.2, 0.25) is 0 Å². The third-order valence-electron chi connectivity index (χ3n) is 4.33. The molecule has 1 aliphatic rings. The van der Waals surface area contributed by atoms with Crippen molar-refractivity contribution in [2.45, 2.75) is 44.4 Å². The first-order valence-corrected chi connectivity index (χ1v) is 10.5. The van der Waals surface area contributed by atoms with Gasteiger partial charge in [-0.3, -0.25) is 4.79 Å². The van der Waals surface area contributed by atoms with Crippen LogP contribution in [0.4, 0.5) is 0 Å². The summed E-state index contributed by atoms with van der Waals surface area (Å²) in [6.45, 7) is 1.90. The standard InChI is InChI=1S/C18H25NO5S/c1-13-3-9-16(10-4-13)19-17(20)11-24-18(21)15-7-5-14(6-8-15)12-25(2,22)23/h5-8,13,16H,3-4,9-12H2,1-2H3,(H,19,20). The molecule has 1 aromatic carbocycles. The number of amides is 1. The number of carbonyl (C=O) groups is 2. The van der Waals surface area contributed by atoms with Gasteiger partial charge < -0.3 is 10.1 Å². The molecular weight excluding hydrogens is 342 g/mol. The van der Waals surface area contributed by atoms with Crippen molar-refractivity contribution in [2.24, 2.45) is 5.92 Å². The van der Waals surface area contributed by atoms with Crippen LogP contribution >= 0.6 is 0 Å². The highest BCUT2D eigenvalue weighted by molar-refractivity contribution is 7.89. The maximum atomic E-state index is 12.0. The monoisotopic (exact) mass is 367 g/mol. The van der Waals surface area contributed by atoms with Gasteiger partial charge in [0.2, 0.25) is 0 Å². The van der Waals surface area contributed by atoms with Crippen LogP contribution in [0.1, 0.15) is 48.5 Å². The summed E-state index contributed by atoms with van der Waals surface area (Å²) in [5.41, 5.74) is 0.889. The van der Waals surface area contributed by atoms with Gasteiger partial charge in [-0.15, -0.1) is 0 Å². The van der Waals surface area contributed by atoms with Crippen LogP contribution < -0.4 is 5.32 Å². The van der Waals surface area contributed by atoms with Gasteiger partial charge in [0, 0.05) is 12.3 Å². The van der Waals surface area contributed by atoms with Crippen molar-refractivity contribution in [3.05, 3.63) is 35.4 Å². The van der Waals surface area contributed by atoms with Gasteiger partial charge in [0.25, 0.3) is 5.91 Å². The molecule has 6 nitrogen and oxygen atoms in total. The van der Waals surface area contributed by atoms with Crippen LogP contribution in [0.25, 0.3) is 0 Å². The Balaban J connectivity index is 1.78. The van der Waals surface area contributed by atoms with Crippen molar-refractivity contribution in [3.8, 4) is 0 Å². The third-order valence-corrected chi connectivity index (χ3v) is 5.19. The summed E-state index contributed by atoms with van der Waals surface area (Å²) in [5, 5.41) is 2.90. The van der Waals surface area contributed by atoms with Gasteiger partial charge >= 0.3 is 5.97 Å². The van der Waals surface area contributed by atoms with E-state index in [2.05, 4.69) is 12.2 Å². The fourth-order valence-corrected chi connectivity index (χ4v) is 3.73. The fraction of sp³-hybridized carbons (Fsp3) is 0.556. The number of hydrogen-bond acceptors (Lipinski definition) is 5. The van der Waals surface area contributed by atoms with Crippen LogP contribution in [0, 0.1) is 5.92 Å². The molecule has 0 spiro atoms. The first kappa shape index (κ1) is 19.4. The van der Waals surface area contributed by atoms with E-state index < -0.39 is 15.8 Å². The molecule has 0 unspecified atom stereocenters. The third kappa shape index (κ3) is 6.86. The highest BCUT2D eigenvalue weighted by Gasteiger charge is 2.20. The summed E-state index contributed by atoms with van der Waals surface area (Å²) in [4.78, 5) is 23.8. The van der Waals surface area contributed by atoms with Crippen molar-refractivity contribution in [3.63, 3.8) is 0 Å². The van der Waals surface area contributed by atoms with Gasteiger partial charge in [-0.2, -0.15) is 0 Å². The molecular formula is C18H25NO5S. The molecule has 0 aliphatic heterocycles. The predicted molar refractivity (Wildman–Crippen MR) is 94.8 cm³/mol. The largest absolute Gasteiger partial charge is 0.452 e. The lowest BCUT2D eigenvalue weighted by Crippen LogP contribution is -2.39. The molecule has 0 heterocycles. The topological polar surface area (TPSA) is 89.5 Å². The Bertz CT molecular complexity index is 703. The molecule has 7 heteroatoms. The molecule has 1 saturated carbocycles. The number of benzene rings is 1. The number of rotatable bonds is 6. The Labute approximate surface area is 148 Å². The summed E-state index contributed by atoms with van der Waals surface area (Å²) in [6.07, 6.45) is 5.28. The number of ether oxygens (including phenoxy) is 1. The van der Waals surface area contributed by atoms with Crippen LogP contribution in [-0.2, 0) is 25.1 Å². The zero-order valence-electron chi connectivity index (χ0n) is 14.7. The zero-order chi connectivity index (χ0) is 18.4. The minimum atomic E-state index is -3.12. The molecule has 0 aromatic heterocycles. The molecule has 2 rings (SSSR count). The van der Waals surface area contributed by atoms with Crippen LogP contribution in [0.15, 0.2) is 24.3 Å². The van der Waals surface area contributed by atoms with E-state index in [1.54, 1.807) is 12.1 Å². The molecule has 138 valence electrons. The van der Waals surface area contributed by atoms with E-state index in [0.717, 1.165) is 31.9 Å². The molecule has 1 amide bonds. The highest BCUT2D eigenvalue weighted by Crippen LogP contribution is 2.23. The second-order valence-electron chi connectivity index (χ2n) is 6.87. The van der Waals surface area contributed by atoms with Crippen molar-refractivity contribution in [1.29, 1.82) is 0 Å². The molecule has 0 radical (unpaired) electrons. The second kappa shape index (κ2) is 8.47. The quantitative estimate of drug-likeness (QED) is 0.778. The number of carbonyl (C=O) groups excluding carboxylic acids is 2. The second-order valence-corrected chi connectivity index (χ2v) is 9.01. The van der Waals surface area contributed by atoms with Crippen molar-refractivity contribution in [2.75, 3.05) is 12.9 Å². The average Bonchev–Trinajstić information content (AvgIpc) is 2.54. The lowest BCUT2D eigenvalue weighted by atomic mass is 9.87. The van der Waals surface area contributed by atoms with Gasteiger partial charge in [-0.25, -0.2) is 13.2 Å². The van der Waals surface area contributed by atoms with Gasteiger partial charge in [-0.1, -0.05) is 19.1 Å². The van der Waals surface area contributed by atoms with Crippen molar-refractivity contribution in [1.82, 2.24) is 5.32 Å². The molecule has 0 bridgehead atoms. The summed E-state index contributed by atoms with van der Waals surface area (Å²) >= 11 is 0. The Hall–Kier alpha value is -1.89. The van der Waals surface area contributed by atoms with E-state index in [-0.39, 0.29) is 29.9 Å². The van der Waals surface area contributed by atoms with Crippen molar-refractivity contribution < 1.29 is 22.7 Å². The summed E-state index contributed by atoms with van der Waals surface area (Å²) < 4.78 is 27.5.